The van der Waals surface area contributed by atoms with Crippen LogP contribution < -0.4 is 5.56 Å². The Kier molecular flexibility index (Phi) is 2.68. The van der Waals surface area contributed by atoms with E-state index < -0.39 is 17.5 Å². The molecule has 0 aromatic carbocycles. The van der Waals surface area contributed by atoms with E-state index in [9.17, 15) is 14.4 Å². The van der Waals surface area contributed by atoms with Gasteiger partial charge < -0.3 is 9.84 Å². The van der Waals surface area contributed by atoms with Crippen LogP contribution in [0.2, 0.25) is 0 Å². The van der Waals surface area contributed by atoms with Crippen LogP contribution in [-0.2, 0) is 4.74 Å². The van der Waals surface area contributed by atoms with Gasteiger partial charge in [-0.05, 0) is 6.07 Å². The lowest BCUT2D eigenvalue weighted by molar-refractivity contribution is 0.0605. The first-order valence-corrected chi connectivity index (χ1v) is 5.33. The third-order valence-electron chi connectivity index (χ3n) is 2.15. The van der Waals surface area contributed by atoms with Crippen LogP contribution in [0.5, 0.6) is 0 Å². The average molecular weight is 253 g/mol. The van der Waals surface area contributed by atoms with Gasteiger partial charge in [0.25, 0.3) is 5.56 Å². The van der Waals surface area contributed by atoms with Gasteiger partial charge in [-0.2, -0.15) is 0 Å². The monoisotopic (exact) mass is 253 g/mol. The van der Waals surface area contributed by atoms with E-state index in [1.807, 2.05) is 0 Å². The van der Waals surface area contributed by atoms with Crippen molar-refractivity contribution in [1.82, 2.24) is 4.40 Å². The smallest absolute Gasteiger partial charge is 0.349 e. The van der Waals surface area contributed by atoms with Crippen molar-refractivity contribution in [3.8, 4) is 0 Å². The molecule has 0 bridgehead atoms. The summed E-state index contributed by atoms with van der Waals surface area (Å²) in [6.07, 6.45) is 1.28. The number of aromatic carboxylic acids is 1. The Labute approximate surface area is 98.7 Å². The molecule has 0 radical (unpaired) electrons. The molecule has 0 unspecified atom stereocenters. The van der Waals surface area contributed by atoms with Crippen LogP contribution in [0.15, 0.2) is 23.1 Å². The van der Waals surface area contributed by atoms with Gasteiger partial charge in [0, 0.05) is 12.3 Å². The number of hydrogen-bond acceptors (Lipinski definition) is 5. The fraction of sp³-hybridized carbons (Fsp3) is 0.100. The number of ether oxygens (including phenoxy) is 1. The molecule has 0 aliphatic carbocycles. The zero-order chi connectivity index (χ0) is 12.6. The summed E-state index contributed by atoms with van der Waals surface area (Å²) in [7, 11) is 1.22. The Morgan fingerprint density at radius 1 is 1.41 bits per heavy atom. The molecule has 0 atom stereocenters. The Balaban J connectivity index is 2.78. The van der Waals surface area contributed by atoms with Crippen LogP contribution in [0.3, 0.4) is 0 Å². The van der Waals surface area contributed by atoms with Crippen molar-refractivity contribution < 1.29 is 19.4 Å². The van der Waals surface area contributed by atoms with Crippen molar-refractivity contribution in [2.75, 3.05) is 7.11 Å². The zero-order valence-electron chi connectivity index (χ0n) is 8.67. The number of aromatic nitrogens is 1. The summed E-state index contributed by atoms with van der Waals surface area (Å²) in [6, 6.07) is 2.36. The quantitative estimate of drug-likeness (QED) is 0.802. The minimum atomic E-state index is -1.15. The minimum Gasteiger partial charge on any atom is -0.478 e. The highest BCUT2D eigenvalue weighted by molar-refractivity contribution is 7.19. The first kappa shape index (κ1) is 11.3. The predicted molar refractivity (Wildman–Crippen MR) is 59.8 cm³/mol. The predicted octanol–water partition coefficient (Wildman–Crippen LogP) is 0.846. The SMILES string of the molecule is COC(=O)c1cn2c(=O)ccc(C(=O)O)c2s1. The molecule has 0 aliphatic rings. The van der Waals surface area contributed by atoms with E-state index in [1.54, 1.807) is 0 Å². The molecule has 17 heavy (non-hydrogen) atoms. The lowest BCUT2D eigenvalue weighted by Crippen LogP contribution is -2.12. The molecular weight excluding hydrogens is 246 g/mol. The largest absolute Gasteiger partial charge is 0.478 e. The number of carbonyl (C=O) groups excluding carboxylic acids is 1. The molecule has 0 spiro atoms. The second-order valence-corrected chi connectivity index (χ2v) is 4.18. The molecule has 0 aliphatic heterocycles. The van der Waals surface area contributed by atoms with E-state index in [0.717, 1.165) is 21.8 Å². The molecule has 6 nitrogen and oxygen atoms in total. The van der Waals surface area contributed by atoms with E-state index in [2.05, 4.69) is 4.74 Å². The van der Waals surface area contributed by atoms with Crippen molar-refractivity contribution in [3.05, 3.63) is 39.1 Å². The van der Waals surface area contributed by atoms with Crippen LogP contribution in [-0.4, -0.2) is 28.6 Å². The second-order valence-electron chi connectivity index (χ2n) is 3.15. The van der Waals surface area contributed by atoms with Crippen LogP contribution in [0.4, 0.5) is 0 Å². The number of carbonyl (C=O) groups is 2. The van der Waals surface area contributed by atoms with Gasteiger partial charge in [0.2, 0.25) is 0 Å². The van der Waals surface area contributed by atoms with E-state index >= 15 is 0 Å². The molecule has 0 saturated carbocycles. The first-order valence-electron chi connectivity index (χ1n) is 4.51. The Bertz CT molecular complexity index is 669. The van der Waals surface area contributed by atoms with E-state index in [0.29, 0.717) is 0 Å². The molecule has 0 saturated heterocycles. The number of nitrogens with zero attached hydrogens (tertiary/aromatic N) is 1. The summed E-state index contributed by atoms with van der Waals surface area (Å²) in [5, 5.41) is 8.95. The Hall–Kier alpha value is -2.15. The first-order chi connectivity index (χ1) is 8.04. The minimum absolute atomic E-state index is 0.0234. The number of pyridine rings is 1. The highest BCUT2D eigenvalue weighted by Gasteiger charge is 2.16. The van der Waals surface area contributed by atoms with Gasteiger partial charge in [-0.3, -0.25) is 9.20 Å². The fourth-order valence-corrected chi connectivity index (χ4v) is 2.41. The number of carboxylic acid groups (broad SMARTS) is 1. The zero-order valence-corrected chi connectivity index (χ0v) is 9.48. The van der Waals surface area contributed by atoms with Gasteiger partial charge in [0.1, 0.15) is 9.71 Å². The molecule has 1 N–H and O–H groups in total. The summed E-state index contributed by atoms with van der Waals surface area (Å²) >= 11 is 0.907. The highest BCUT2D eigenvalue weighted by Crippen LogP contribution is 2.20. The lowest BCUT2D eigenvalue weighted by Gasteiger charge is -1.95. The summed E-state index contributed by atoms with van der Waals surface area (Å²) in [5.74, 6) is -1.75. The molecule has 2 heterocycles. The lowest BCUT2D eigenvalue weighted by atomic mass is 10.3. The summed E-state index contributed by atoms with van der Waals surface area (Å²) in [6.45, 7) is 0. The maximum Gasteiger partial charge on any atom is 0.349 e. The van der Waals surface area contributed by atoms with Crippen LogP contribution >= 0.6 is 11.3 Å². The van der Waals surface area contributed by atoms with E-state index in [-0.39, 0.29) is 15.3 Å². The molecule has 0 amide bonds. The average Bonchev–Trinajstić information content (AvgIpc) is 2.73. The Morgan fingerprint density at radius 3 is 2.71 bits per heavy atom. The molecule has 88 valence electrons. The number of rotatable bonds is 2. The molecule has 0 fully saturated rings. The van der Waals surface area contributed by atoms with Crippen molar-refractivity contribution in [1.29, 1.82) is 0 Å². The van der Waals surface area contributed by atoms with Crippen molar-refractivity contribution >= 4 is 28.1 Å². The van der Waals surface area contributed by atoms with Crippen LogP contribution in [0, 0.1) is 0 Å². The third kappa shape index (κ3) is 1.80. The summed E-state index contributed by atoms with van der Waals surface area (Å²) < 4.78 is 5.64. The maximum absolute atomic E-state index is 11.5. The van der Waals surface area contributed by atoms with E-state index in [1.165, 1.54) is 19.4 Å². The maximum atomic E-state index is 11.5. The van der Waals surface area contributed by atoms with Crippen LogP contribution in [0.25, 0.3) is 4.83 Å². The Morgan fingerprint density at radius 2 is 2.12 bits per heavy atom. The summed E-state index contributed by atoms with van der Waals surface area (Å²) in [5.41, 5.74) is -0.416. The number of methoxy groups -OCH3 is 1. The van der Waals surface area contributed by atoms with Gasteiger partial charge in [0.15, 0.2) is 0 Å². The molecule has 2 aromatic rings. The second kappa shape index (κ2) is 4.02. The van der Waals surface area contributed by atoms with Gasteiger partial charge >= 0.3 is 11.9 Å². The van der Waals surface area contributed by atoms with Gasteiger partial charge in [-0.15, -0.1) is 11.3 Å². The molecule has 2 aromatic heterocycles. The van der Waals surface area contributed by atoms with Gasteiger partial charge in [-0.1, -0.05) is 0 Å². The molecular formula is C10H7NO5S. The molecule has 7 heteroatoms. The topological polar surface area (TPSA) is 85.1 Å². The van der Waals surface area contributed by atoms with Crippen molar-refractivity contribution in [2.45, 2.75) is 0 Å². The molecule has 2 rings (SSSR count). The fourth-order valence-electron chi connectivity index (χ4n) is 1.37. The highest BCUT2D eigenvalue weighted by atomic mass is 32.1. The normalized spacial score (nSPS) is 10.4. The summed E-state index contributed by atoms with van der Waals surface area (Å²) in [4.78, 5) is 34.1. The third-order valence-corrected chi connectivity index (χ3v) is 3.25. The van der Waals surface area contributed by atoms with E-state index in [4.69, 9.17) is 5.11 Å². The van der Waals surface area contributed by atoms with Crippen molar-refractivity contribution in [3.63, 3.8) is 0 Å². The van der Waals surface area contributed by atoms with Crippen molar-refractivity contribution in [2.24, 2.45) is 0 Å². The number of carboxylic acids is 1. The van der Waals surface area contributed by atoms with Crippen LogP contribution in [0.1, 0.15) is 20.0 Å². The standard InChI is InChI=1S/C10H7NO5S/c1-16-10(15)6-4-11-7(12)3-2-5(9(13)14)8(11)17-6/h2-4H,1H3,(H,13,14). The van der Waals surface area contributed by atoms with Gasteiger partial charge in [-0.25, -0.2) is 9.59 Å². The number of esters is 1. The van der Waals surface area contributed by atoms with Gasteiger partial charge in [0.05, 0.1) is 12.7 Å². The number of fused-ring (bicyclic) bond motifs is 1. The number of thiazole rings is 1. The number of hydrogen-bond donors (Lipinski definition) is 1.